The van der Waals surface area contributed by atoms with Crippen molar-refractivity contribution < 1.29 is 9.53 Å². The van der Waals surface area contributed by atoms with Gasteiger partial charge in [0.1, 0.15) is 5.75 Å². The van der Waals surface area contributed by atoms with E-state index in [1.807, 2.05) is 17.0 Å². The van der Waals surface area contributed by atoms with Crippen LogP contribution in [0.25, 0.3) is 0 Å². The number of fused-ring (bicyclic) bond motifs is 2. The summed E-state index contributed by atoms with van der Waals surface area (Å²) in [7, 11) is 0. The number of ether oxygens (including phenoxy) is 1. The molecule has 1 saturated carbocycles. The molecule has 1 aliphatic carbocycles. The van der Waals surface area contributed by atoms with E-state index in [-0.39, 0.29) is 12.1 Å². The molecule has 2 bridgehead atoms. The zero-order chi connectivity index (χ0) is 21.6. The van der Waals surface area contributed by atoms with Gasteiger partial charge in [-0.05, 0) is 56.4 Å². The minimum absolute atomic E-state index is 0.0455. The predicted molar refractivity (Wildman–Crippen MR) is 120 cm³/mol. The smallest absolute Gasteiger partial charge is 0.317 e. The summed E-state index contributed by atoms with van der Waals surface area (Å²) in [6.45, 7) is 3.03. The molecule has 0 radical (unpaired) electrons. The van der Waals surface area contributed by atoms with Crippen LogP contribution in [0.4, 0.5) is 4.79 Å². The third-order valence-electron chi connectivity index (χ3n) is 7.04. The molecule has 3 fully saturated rings. The van der Waals surface area contributed by atoms with Crippen LogP contribution in [0.3, 0.4) is 0 Å². The normalized spacial score (nSPS) is 25.1. The largest absolute Gasteiger partial charge is 0.494 e. The van der Waals surface area contributed by atoms with E-state index in [9.17, 15) is 4.79 Å². The highest BCUT2D eigenvalue weighted by atomic mass is 16.5. The third kappa shape index (κ3) is 5.69. The summed E-state index contributed by atoms with van der Waals surface area (Å²) in [6, 6.07) is 10.6. The number of piperazine rings is 1. The van der Waals surface area contributed by atoms with Gasteiger partial charge in [0, 0.05) is 43.8 Å². The van der Waals surface area contributed by atoms with E-state index in [4.69, 9.17) is 15.7 Å². The van der Waals surface area contributed by atoms with Gasteiger partial charge < -0.3 is 20.7 Å². The van der Waals surface area contributed by atoms with Crippen LogP contribution in [-0.2, 0) is 0 Å². The van der Waals surface area contributed by atoms with Gasteiger partial charge >= 0.3 is 6.03 Å². The van der Waals surface area contributed by atoms with Crippen molar-refractivity contribution in [2.75, 3.05) is 26.2 Å². The number of nitriles is 1. The second kappa shape index (κ2) is 10.3. The molecule has 0 spiro atoms. The fraction of sp³-hybridized carbons (Fsp3) is 0.667. The van der Waals surface area contributed by atoms with E-state index >= 15 is 0 Å². The van der Waals surface area contributed by atoms with Crippen molar-refractivity contribution >= 4 is 6.03 Å². The highest BCUT2D eigenvalue weighted by Gasteiger charge is 2.41. The molecule has 3 aliphatic rings. The van der Waals surface area contributed by atoms with Gasteiger partial charge in [0.25, 0.3) is 0 Å². The zero-order valence-corrected chi connectivity index (χ0v) is 18.3. The first-order chi connectivity index (χ1) is 15.1. The van der Waals surface area contributed by atoms with Crippen molar-refractivity contribution in [3.63, 3.8) is 0 Å². The molecule has 3 N–H and O–H groups in total. The van der Waals surface area contributed by atoms with Gasteiger partial charge in [-0.1, -0.05) is 19.3 Å². The number of urea groups is 1. The Morgan fingerprint density at radius 1 is 1.13 bits per heavy atom. The van der Waals surface area contributed by atoms with E-state index < -0.39 is 0 Å². The quantitative estimate of drug-likeness (QED) is 0.700. The number of carbonyl (C=O) groups is 1. The molecule has 7 nitrogen and oxygen atoms in total. The number of benzene rings is 1. The lowest BCUT2D eigenvalue weighted by Crippen LogP contribution is -2.60. The number of hydrogen-bond acceptors (Lipinski definition) is 5. The molecule has 4 rings (SSSR count). The number of nitrogens with zero attached hydrogens (tertiary/aromatic N) is 3. The minimum Gasteiger partial charge on any atom is -0.494 e. The second-order valence-corrected chi connectivity index (χ2v) is 9.30. The van der Waals surface area contributed by atoms with E-state index in [1.165, 1.54) is 19.3 Å². The van der Waals surface area contributed by atoms with Gasteiger partial charge in [-0.3, -0.25) is 4.90 Å². The fourth-order valence-corrected chi connectivity index (χ4v) is 5.28. The fourth-order valence-electron chi connectivity index (χ4n) is 5.28. The first-order valence-corrected chi connectivity index (χ1v) is 11.8. The molecule has 1 aromatic carbocycles. The highest BCUT2D eigenvalue weighted by Crippen LogP contribution is 2.30. The van der Waals surface area contributed by atoms with Crippen LogP contribution in [0.15, 0.2) is 24.3 Å². The average molecular weight is 426 g/mol. The summed E-state index contributed by atoms with van der Waals surface area (Å²) in [5.41, 5.74) is 7.06. The maximum Gasteiger partial charge on any atom is 0.317 e. The maximum absolute atomic E-state index is 12.8. The number of rotatable bonds is 7. The van der Waals surface area contributed by atoms with Crippen molar-refractivity contribution in [1.29, 1.82) is 5.26 Å². The van der Waals surface area contributed by atoms with Gasteiger partial charge in [0.15, 0.2) is 0 Å². The molecule has 1 aromatic rings. The molecular formula is C24H35N5O2. The topological polar surface area (TPSA) is 94.6 Å². The summed E-state index contributed by atoms with van der Waals surface area (Å²) in [5, 5.41) is 12.1. The first-order valence-electron chi connectivity index (χ1n) is 11.8. The lowest BCUT2D eigenvalue weighted by molar-refractivity contribution is 0.0744. The summed E-state index contributed by atoms with van der Waals surface area (Å²) >= 11 is 0. The van der Waals surface area contributed by atoms with Crippen molar-refractivity contribution in [2.45, 2.75) is 75.5 Å². The first kappa shape index (κ1) is 21.9. The Labute approximate surface area is 185 Å². The van der Waals surface area contributed by atoms with Gasteiger partial charge in [-0.2, -0.15) is 5.26 Å². The van der Waals surface area contributed by atoms with Crippen LogP contribution in [0.5, 0.6) is 5.75 Å². The lowest BCUT2D eigenvalue weighted by atomic mass is 9.96. The van der Waals surface area contributed by atoms with E-state index in [1.54, 1.807) is 12.1 Å². The lowest BCUT2D eigenvalue weighted by Gasteiger charge is -2.42. The summed E-state index contributed by atoms with van der Waals surface area (Å²) in [5.74, 6) is 0.767. The van der Waals surface area contributed by atoms with Gasteiger partial charge in [-0.25, -0.2) is 4.79 Å². The summed E-state index contributed by atoms with van der Waals surface area (Å²) < 4.78 is 5.79. The molecule has 2 aliphatic heterocycles. The Morgan fingerprint density at radius 2 is 1.81 bits per heavy atom. The number of likely N-dealkylation sites (tertiary alicyclic amines) is 1. The standard InChI is InChI=1S/C24H35N5O2/c25-14-18-6-10-23(11-7-18)31-13-12-19(26)15-29-21-8-9-22(29)17-28(16-21)24(30)27-20-4-2-1-3-5-20/h6-7,10-11,19-22H,1-5,8-9,12-13,15-17,26H2,(H,27,30). The number of carbonyl (C=O) groups excluding carboxylic acids is 1. The van der Waals surface area contributed by atoms with Gasteiger partial charge in [0.2, 0.25) is 0 Å². The van der Waals surface area contributed by atoms with Crippen LogP contribution in [0.1, 0.15) is 56.9 Å². The average Bonchev–Trinajstić information content (AvgIpc) is 3.01. The van der Waals surface area contributed by atoms with Crippen molar-refractivity contribution in [1.82, 2.24) is 15.1 Å². The van der Waals surface area contributed by atoms with Crippen molar-refractivity contribution in [3.8, 4) is 11.8 Å². The number of hydrogen-bond donors (Lipinski definition) is 2. The van der Waals surface area contributed by atoms with E-state index in [0.717, 1.165) is 57.5 Å². The predicted octanol–water partition coefficient (Wildman–Crippen LogP) is 2.85. The number of nitrogens with two attached hydrogens (primary N) is 1. The van der Waals surface area contributed by atoms with Crippen LogP contribution in [0, 0.1) is 11.3 Å². The summed E-state index contributed by atoms with van der Waals surface area (Å²) in [6.07, 6.45) is 9.08. The van der Waals surface area contributed by atoms with Crippen LogP contribution in [-0.4, -0.2) is 66.2 Å². The molecular weight excluding hydrogens is 390 g/mol. The zero-order valence-electron chi connectivity index (χ0n) is 18.3. The van der Waals surface area contributed by atoms with Crippen LogP contribution < -0.4 is 15.8 Å². The van der Waals surface area contributed by atoms with Crippen molar-refractivity contribution in [2.24, 2.45) is 5.73 Å². The molecule has 2 heterocycles. The van der Waals surface area contributed by atoms with Crippen LogP contribution >= 0.6 is 0 Å². The Morgan fingerprint density at radius 3 is 2.45 bits per heavy atom. The van der Waals surface area contributed by atoms with E-state index in [0.29, 0.717) is 30.3 Å². The summed E-state index contributed by atoms with van der Waals surface area (Å²) in [4.78, 5) is 17.3. The maximum atomic E-state index is 12.8. The van der Waals surface area contributed by atoms with Crippen molar-refractivity contribution in [3.05, 3.63) is 29.8 Å². The molecule has 7 heteroatoms. The SMILES string of the molecule is N#Cc1ccc(OCCC(N)CN2C3CCC2CN(C(=O)NC2CCCCC2)C3)cc1. The molecule has 3 atom stereocenters. The second-order valence-electron chi connectivity index (χ2n) is 9.30. The van der Waals surface area contributed by atoms with Gasteiger partial charge in [0.05, 0.1) is 18.2 Å². The Hall–Kier alpha value is -2.30. The molecule has 0 aromatic heterocycles. The Bertz CT molecular complexity index is 757. The molecule has 2 amide bonds. The Kier molecular flexibility index (Phi) is 7.31. The van der Waals surface area contributed by atoms with E-state index in [2.05, 4.69) is 16.3 Å². The number of nitrogens with one attached hydrogen (secondary N) is 1. The monoisotopic (exact) mass is 425 g/mol. The molecule has 168 valence electrons. The highest BCUT2D eigenvalue weighted by molar-refractivity contribution is 5.74. The van der Waals surface area contributed by atoms with Crippen LogP contribution in [0.2, 0.25) is 0 Å². The minimum atomic E-state index is 0.0455. The van der Waals surface area contributed by atoms with Gasteiger partial charge in [-0.15, -0.1) is 0 Å². The Balaban J connectivity index is 1.20. The molecule has 31 heavy (non-hydrogen) atoms. The molecule has 3 unspecified atom stereocenters. The molecule has 2 saturated heterocycles. The number of amides is 2. The third-order valence-corrected chi connectivity index (χ3v) is 7.04.